The van der Waals surface area contributed by atoms with Crippen LogP contribution in [0.25, 0.3) is 11.0 Å². The number of aliphatic hydroxyl groups excluding tert-OH is 1. The molecule has 1 unspecified atom stereocenters. The number of anilines is 1. The van der Waals surface area contributed by atoms with Gasteiger partial charge in [-0.05, 0) is 80.5 Å². The van der Waals surface area contributed by atoms with E-state index in [-0.39, 0.29) is 18.3 Å². The highest BCUT2D eigenvalue weighted by atomic mass is 19.1. The van der Waals surface area contributed by atoms with Gasteiger partial charge in [0.15, 0.2) is 11.4 Å². The van der Waals surface area contributed by atoms with E-state index in [9.17, 15) is 9.18 Å². The van der Waals surface area contributed by atoms with Crippen LogP contribution in [0, 0.1) is 35.4 Å². The van der Waals surface area contributed by atoms with Crippen LogP contribution in [-0.4, -0.2) is 60.3 Å². The normalized spacial score (nSPS) is 27.8. The Morgan fingerprint density at radius 3 is 2.46 bits per heavy atom. The van der Waals surface area contributed by atoms with Gasteiger partial charge in [0.1, 0.15) is 11.6 Å². The quantitative estimate of drug-likeness (QED) is 0.417. The van der Waals surface area contributed by atoms with Gasteiger partial charge in [-0.15, -0.1) is 0 Å². The predicted octanol–water partition coefficient (Wildman–Crippen LogP) is 5.68. The molecule has 37 heavy (non-hydrogen) atoms. The van der Waals surface area contributed by atoms with Gasteiger partial charge in [-0.25, -0.2) is 4.39 Å². The summed E-state index contributed by atoms with van der Waals surface area (Å²) in [4.78, 5) is 17.3. The molecule has 0 bridgehead atoms. The second-order valence-corrected chi connectivity index (χ2v) is 12.2. The molecule has 6 nitrogen and oxygen atoms in total. The third-order valence-corrected chi connectivity index (χ3v) is 9.54. The fraction of sp³-hybridized carbons (Fsp3) is 0.733. The lowest BCUT2D eigenvalue weighted by atomic mass is 9.71. The zero-order valence-corrected chi connectivity index (χ0v) is 22.4. The molecule has 1 N–H and O–H groups in total. The summed E-state index contributed by atoms with van der Waals surface area (Å²) in [5, 5.41) is 14.1. The fourth-order valence-electron chi connectivity index (χ4n) is 6.81. The molecule has 1 saturated heterocycles. The molecule has 2 saturated carbocycles. The largest absolute Gasteiger partial charge is 0.396 e. The molecule has 3 aliphatic rings. The molecule has 1 aliphatic heterocycles. The molecule has 1 aromatic carbocycles. The first kappa shape index (κ1) is 26.6. The van der Waals surface area contributed by atoms with Gasteiger partial charge in [0.25, 0.3) is 0 Å². The number of benzene rings is 1. The van der Waals surface area contributed by atoms with E-state index >= 15 is 0 Å². The molecule has 7 heteroatoms. The van der Waals surface area contributed by atoms with Crippen LogP contribution < -0.4 is 4.90 Å². The van der Waals surface area contributed by atoms with E-state index in [0.29, 0.717) is 23.2 Å². The van der Waals surface area contributed by atoms with Crippen molar-refractivity contribution in [1.82, 2.24) is 10.1 Å². The molecule has 1 atom stereocenters. The van der Waals surface area contributed by atoms with Gasteiger partial charge in [-0.3, -0.25) is 9.69 Å². The first-order valence-corrected chi connectivity index (χ1v) is 14.6. The topological polar surface area (TPSA) is 69.8 Å². The molecular formula is C30H44FN3O3. The van der Waals surface area contributed by atoms with Crippen molar-refractivity contribution >= 4 is 22.6 Å². The van der Waals surface area contributed by atoms with Crippen molar-refractivity contribution in [1.29, 1.82) is 0 Å². The number of hydrogen-bond donors (Lipinski definition) is 1. The summed E-state index contributed by atoms with van der Waals surface area (Å²) in [6.07, 6.45) is 11.6. The average Bonchev–Trinajstić information content (AvgIpc) is 3.31. The van der Waals surface area contributed by atoms with E-state index in [0.717, 1.165) is 81.4 Å². The van der Waals surface area contributed by atoms with Crippen LogP contribution in [0.4, 0.5) is 10.2 Å². The molecule has 2 heterocycles. The summed E-state index contributed by atoms with van der Waals surface area (Å²) in [6, 6.07) is 4.58. The SMILES string of the molecule is CC(CCC1CCC(CCN2CCN(c3noc4ccc(F)cc34)CC2)CC1)C(=O)CC1CC(CO)C1. The molecule has 2 aliphatic carbocycles. The minimum absolute atomic E-state index is 0.193. The Bertz CT molecular complexity index is 1020. The Kier molecular flexibility index (Phi) is 8.81. The second kappa shape index (κ2) is 12.2. The number of rotatable bonds is 11. The fourth-order valence-corrected chi connectivity index (χ4v) is 6.81. The second-order valence-electron chi connectivity index (χ2n) is 12.2. The van der Waals surface area contributed by atoms with Crippen molar-refractivity contribution in [2.24, 2.45) is 29.6 Å². The maximum atomic E-state index is 13.7. The highest BCUT2D eigenvalue weighted by molar-refractivity contribution is 5.88. The summed E-state index contributed by atoms with van der Waals surface area (Å²) >= 11 is 0. The maximum absolute atomic E-state index is 13.7. The lowest BCUT2D eigenvalue weighted by Gasteiger charge is -2.36. The van der Waals surface area contributed by atoms with Gasteiger partial charge < -0.3 is 14.5 Å². The van der Waals surface area contributed by atoms with Crippen LogP contribution in [0.3, 0.4) is 0 Å². The molecule has 2 aromatic rings. The van der Waals surface area contributed by atoms with Gasteiger partial charge in [0.2, 0.25) is 0 Å². The van der Waals surface area contributed by atoms with E-state index in [2.05, 4.69) is 21.9 Å². The molecular weight excluding hydrogens is 469 g/mol. The molecule has 0 radical (unpaired) electrons. The zero-order chi connectivity index (χ0) is 25.8. The zero-order valence-electron chi connectivity index (χ0n) is 22.4. The molecule has 0 amide bonds. The molecule has 1 aromatic heterocycles. The van der Waals surface area contributed by atoms with Crippen LogP contribution in [0.1, 0.15) is 71.1 Å². The first-order chi connectivity index (χ1) is 18.0. The van der Waals surface area contributed by atoms with Gasteiger partial charge >= 0.3 is 0 Å². The minimum atomic E-state index is -0.255. The van der Waals surface area contributed by atoms with Crippen molar-refractivity contribution in [3.63, 3.8) is 0 Å². The van der Waals surface area contributed by atoms with Crippen molar-refractivity contribution in [2.75, 3.05) is 44.2 Å². The number of hydrogen-bond acceptors (Lipinski definition) is 6. The van der Waals surface area contributed by atoms with Gasteiger partial charge in [-0.2, -0.15) is 0 Å². The number of nitrogens with zero attached hydrogens (tertiary/aromatic N) is 3. The number of Topliss-reactive ketones (excluding diaryl/α,β-unsaturated/α-hetero) is 1. The van der Waals surface area contributed by atoms with Crippen molar-refractivity contribution in [3.05, 3.63) is 24.0 Å². The van der Waals surface area contributed by atoms with Crippen LogP contribution >= 0.6 is 0 Å². The lowest BCUT2D eigenvalue weighted by Crippen LogP contribution is -2.47. The Hall–Kier alpha value is -1.99. The summed E-state index contributed by atoms with van der Waals surface area (Å²) in [5.74, 6) is 3.74. The van der Waals surface area contributed by atoms with Crippen molar-refractivity contribution in [2.45, 2.75) is 71.1 Å². The molecule has 0 spiro atoms. The average molecular weight is 514 g/mol. The Morgan fingerprint density at radius 1 is 1.05 bits per heavy atom. The van der Waals surface area contributed by atoms with Crippen molar-refractivity contribution in [3.8, 4) is 0 Å². The van der Waals surface area contributed by atoms with Gasteiger partial charge in [0, 0.05) is 45.1 Å². The van der Waals surface area contributed by atoms with Crippen LogP contribution in [0.2, 0.25) is 0 Å². The highest BCUT2D eigenvalue weighted by Gasteiger charge is 2.31. The number of ketones is 1. The van der Waals surface area contributed by atoms with Gasteiger partial charge in [0.05, 0.1) is 5.39 Å². The summed E-state index contributed by atoms with van der Waals surface area (Å²) in [7, 11) is 0. The standard InChI is InChI=1S/C30H44FN3O3/c1-21(28(36)18-24-16-25(17-24)20-35)2-3-22-4-6-23(7-5-22)10-11-33-12-14-34(15-13-33)30-27-19-26(31)8-9-29(27)37-32-30/h8-9,19,21-25,35H,2-7,10-18,20H2,1H3. The summed E-state index contributed by atoms with van der Waals surface area (Å²) in [5.41, 5.74) is 0.640. The minimum Gasteiger partial charge on any atom is -0.396 e. The Labute approximate surface area is 220 Å². The third-order valence-electron chi connectivity index (χ3n) is 9.54. The smallest absolute Gasteiger partial charge is 0.180 e. The molecule has 3 fully saturated rings. The van der Waals surface area contributed by atoms with Crippen molar-refractivity contribution < 1.29 is 18.8 Å². The Morgan fingerprint density at radius 2 is 1.76 bits per heavy atom. The van der Waals surface area contributed by atoms with Crippen LogP contribution in [0.15, 0.2) is 22.7 Å². The highest BCUT2D eigenvalue weighted by Crippen LogP contribution is 2.38. The van der Waals surface area contributed by atoms with E-state index in [1.807, 2.05) is 0 Å². The van der Waals surface area contributed by atoms with E-state index < -0.39 is 0 Å². The monoisotopic (exact) mass is 513 g/mol. The lowest BCUT2D eigenvalue weighted by molar-refractivity contribution is -0.124. The van der Waals surface area contributed by atoms with E-state index in [4.69, 9.17) is 9.63 Å². The van der Waals surface area contributed by atoms with Gasteiger partial charge in [-0.1, -0.05) is 37.8 Å². The number of carbonyl (C=O) groups is 1. The predicted molar refractivity (Wildman–Crippen MR) is 144 cm³/mol. The molecule has 5 rings (SSSR count). The number of halogens is 1. The number of aromatic nitrogens is 1. The molecule has 204 valence electrons. The Balaban J connectivity index is 0.956. The third kappa shape index (κ3) is 6.72. The van der Waals surface area contributed by atoms with Crippen LogP contribution in [0.5, 0.6) is 0 Å². The first-order valence-electron chi connectivity index (χ1n) is 14.6. The van der Waals surface area contributed by atoms with E-state index in [1.54, 1.807) is 6.07 Å². The number of carbonyl (C=O) groups excluding carboxylic acids is 1. The summed E-state index contributed by atoms with van der Waals surface area (Å²) in [6.45, 7) is 7.36. The number of fused-ring (bicyclic) bond motifs is 1. The number of aliphatic hydroxyl groups is 1. The summed E-state index contributed by atoms with van der Waals surface area (Å²) < 4.78 is 19.1. The maximum Gasteiger partial charge on any atom is 0.180 e. The number of piperazine rings is 1. The van der Waals surface area contributed by atoms with E-state index in [1.165, 1.54) is 50.7 Å². The van der Waals surface area contributed by atoms with Crippen LogP contribution in [-0.2, 0) is 4.79 Å².